The molecule has 1 unspecified atom stereocenters. The largest absolute Gasteiger partial charge is 0.392 e. The molecule has 0 bridgehead atoms. The molecule has 0 aromatic heterocycles. The van der Waals surface area contributed by atoms with Gasteiger partial charge in [-0.05, 0) is 13.5 Å². The van der Waals surface area contributed by atoms with Gasteiger partial charge in [0.25, 0.3) is 0 Å². The number of hydrogen-bond donors (Lipinski definition) is 2. The average molecular weight is 224 g/mol. The minimum absolute atomic E-state index is 0.155. The van der Waals surface area contributed by atoms with Gasteiger partial charge in [0, 0.05) is 25.9 Å². The fourth-order valence-corrected chi connectivity index (χ4v) is 1.56. The summed E-state index contributed by atoms with van der Waals surface area (Å²) in [7, 11) is -1.06. The Kier molecular flexibility index (Phi) is 6.26. The molecule has 14 heavy (non-hydrogen) atoms. The van der Waals surface area contributed by atoms with E-state index in [9.17, 15) is 8.42 Å². The molecule has 0 aliphatic heterocycles. The number of sulfone groups is 1. The quantitative estimate of drug-likeness (QED) is 0.560. The van der Waals surface area contributed by atoms with Gasteiger partial charge < -0.3 is 15.7 Å². The second kappa shape index (κ2) is 6.34. The summed E-state index contributed by atoms with van der Waals surface area (Å²) >= 11 is 0. The predicted octanol–water partition coefficient (Wildman–Crippen LogP) is -1.33. The Morgan fingerprint density at radius 2 is 2.00 bits per heavy atom. The second-order valence-electron chi connectivity index (χ2n) is 3.61. The molecule has 6 heteroatoms. The molecular formula is C8H20N2O3S. The molecule has 0 fully saturated rings. The van der Waals surface area contributed by atoms with Crippen molar-refractivity contribution >= 4 is 9.84 Å². The third kappa shape index (κ3) is 8.43. The van der Waals surface area contributed by atoms with Crippen molar-refractivity contribution in [2.45, 2.75) is 12.5 Å². The first kappa shape index (κ1) is 13.8. The summed E-state index contributed by atoms with van der Waals surface area (Å²) in [5.74, 6) is 0.155. The fraction of sp³-hybridized carbons (Fsp3) is 1.00. The van der Waals surface area contributed by atoms with Crippen LogP contribution in [0.15, 0.2) is 0 Å². The first-order valence-electron chi connectivity index (χ1n) is 4.59. The minimum atomic E-state index is -2.89. The first-order valence-corrected chi connectivity index (χ1v) is 6.65. The molecule has 0 aromatic carbocycles. The minimum Gasteiger partial charge on any atom is -0.392 e. The number of aliphatic hydroxyl groups is 1. The predicted molar refractivity (Wildman–Crippen MR) is 56.9 cm³/mol. The number of rotatable bonds is 7. The molecule has 0 heterocycles. The van der Waals surface area contributed by atoms with Crippen molar-refractivity contribution < 1.29 is 13.5 Å². The van der Waals surface area contributed by atoms with Gasteiger partial charge in [-0.3, -0.25) is 0 Å². The second-order valence-corrected chi connectivity index (χ2v) is 5.87. The topological polar surface area (TPSA) is 83.6 Å². The van der Waals surface area contributed by atoms with Crippen LogP contribution in [0.5, 0.6) is 0 Å². The van der Waals surface area contributed by atoms with Crippen LogP contribution in [-0.2, 0) is 9.84 Å². The number of nitrogens with two attached hydrogens (primary N) is 1. The lowest BCUT2D eigenvalue weighted by Gasteiger charge is -2.17. The van der Waals surface area contributed by atoms with E-state index in [0.29, 0.717) is 19.5 Å². The van der Waals surface area contributed by atoms with Crippen molar-refractivity contribution in [3.63, 3.8) is 0 Å². The molecular weight excluding hydrogens is 204 g/mol. The third-order valence-electron chi connectivity index (χ3n) is 1.96. The van der Waals surface area contributed by atoms with E-state index in [1.807, 2.05) is 11.9 Å². The van der Waals surface area contributed by atoms with Gasteiger partial charge in [-0.2, -0.15) is 0 Å². The summed E-state index contributed by atoms with van der Waals surface area (Å²) in [5, 5.41) is 9.16. The van der Waals surface area contributed by atoms with E-state index in [1.54, 1.807) is 0 Å². The van der Waals surface area contributed by atoms with Gasteiger partial charge in [0.15, 0.2) is 0 Å². The fourth-order valence-electron chi connectivity index (χ4n) is 0.921. The maximum Gasteiger partial charge on any atom is 0.148 e. The molecule has 0 spiro atoms. The molecule has 0 amide bonds. The Hall–Kier alpha value is -0.170. The van der Waals surface area contributed by atoms with Crippen LogP contribution < -0.4 is 5.73 Å². The zero-order valence-electron chi connectivity index (χ0n) is 8.81. The Bertz CT molecular complexity index is 241. The summed E-state index contributed by atoms with van der Waals surface area (Å²) in [6.07, 6.45) is 1.31. The van der Waals surface area contributed by atoms with Crippen molar-refractivity contribution in [2.75, 3.05) is 38.7 Å². The standard InChI is InChI=1S/C8H20N2O3S/c1-10(4-3-8(11)7-9)5-6-14(2,12)13/h8,11H,3-7,9H2,1-2H3. The number of nitrogens with zero attached hydrogens (tertiary/aromatic N) is 1. The highest BCUT2D eigenvalue weighted by molar-refractivity contribution is 7.90. The zero-order chi connectivity index (χ0) is 11.2. The highest BCUT2D eigenvalue weighted by Gasteiger charge is 2.07. The van der Waals surface area contributed by atoms with Gasteiger partial charge in [0.2, 0.25) is 0 Å². The van der Waals surface area contributed by atoms with Crippen LogP contribution in [0.25, 0.3) is 0 Å². The zero-order valence-corrected chi connectivity index (χ0v) is 9.63. The maximum absolute atomic E-state index is 10.8. The lowest BCUT2D eigenvalue weighted by molar-refractivity contribution is 0.156. The summed E-state index contributed by atoms with van der Waals surface area (Å²) < 4.78 is 21.7. The molecule has 0 aliphatic rings. The molecule has 0 aromatic rings. The molecule has 3 N–H and O–H groups in total. The van der Waals surface area contributed by atoms with E-state index >= 15 is 0 Å². The van der Waals surface area contributed by atoms with Crippen LogP contribution in [-0.4, -0.2) is 63.2 Å². The lowest BCUT2D eigenvalue weighted by atomic mass is 10.2. The average Bonchev–Trinajstić information content (AvgIpc) is 2.09. The van der Waals surface area contributed by atoms with E-state index in [-0.39, 0.29) is 12.3 Å². The van der Waals surface area contributed by atoms with E-state index < -0.39 is 15.9 Å². The van der Waals surface area contributed by atoms with Gasteiger partial charge in [-0.1, -0.05) is 0 Å². The van der Waals surface area contributed by atoms with Gasteiger partial charge >= 0.3 is 0 Å². The molecule has 86 valence electrons. The van der Waals surface area contributed by atoms with Crippen molar-refractivity contribution in [3.05, 3.63) is 0 Å². The van der Waals surface area contributed by atoms with Crippen LogP contribution >= 0.6 is 0 Å². The first-order chi connectivity index (χ1) is 6.35. The molecule has 0 aliphatic carbocycles. The van der Waals surface area contributed by atoms with Crippen molar-refractivity contribution in [1.82, 2.24) is 4.90 Å². The number of hydrogen-bond acceptors (Lipinski definition) is 5. The summed E-state index contributed by atoms with van der Waals surface area (Å²) in [4.78, 5) is 1.87. The Balaban J connectivity index is 3.61. The highest BCUT2D eigenvalue weighted by Crippen LogP contribution is 1.94. The van der Waals surface area contributed by atoms with Crippen LogP contribution in [0, 0.1) is 0 Å². The molecule has 5 nitrogen and oxygen atoms in total. The van der Waals surface area contributed by atoms with Crippen LogP contribution in [0.4, 0.5) is 0 Å². The Labute approximate surface area is 85.8 Å². The smallest absolute Gasteiger partial charge is 0.148 e. The lowest BCUT2D eigenvalue weighted by Crippen LogP contribution is -2.30. The van der Waals surface area contributed by atoms with Crippen molar-refractivity contribution in [3.8, 4) is 0 Å². The van der Waals surface area contributed by atoms with E-state index in [1.165, 1.54) is 6.26 Å². The van der Waals surface area contributed by atoms with Gasteiger partial charge in [0.1, 0.15) is 9.84 Å². The molecule has 0 rings (SSSR count). The van der Waals surface area contributed by atoms with Crippen molar-refractivity contribution in [1.29, 1.82) is 0 Å². The Morgan fingerprint density at radius 1 is 1.43 bits per heavy atom. The highest BCUT2D eigenvalue weighted by atomic mass is 32.2. The molecule has 1 atom stereocenters. The van der Waals surface area contributed by atoms with E-state index in [0.717, 1.165) is 0 Å². The maximum atomic E-state index is 10.8. The summed E-state index contributed by atoms with van der Waals surface area (Å²) in [5.41, 5.74) is 5.24. The normalized spacial score (nSPS) is 14.6. The third-order valence-corrected chi connectivity index (χ3v) is 2.88. The molecule has 0 radical (unpaired) electrons. The van der Waals surface area contributed by atoms with E-state index in [2.05, 4.69) is 0 Å². The Morgan fingerprint density at radius 3 is 2.43 bits per heavy atom. The monoisotopic (exact) mass is 224 g/mol. The summed E-state index contributed by atoms with van der Waals surface area (Å²) in [6, 6.07) is 0. The van der Waals surface area contributed by atoms with E-state index in [4.69, 9.17) is 10.8 Å². The van der Waals surface area contributed by atoms with Crippen molar-refractivity contribution in [2.24, 2.45) is 5.73 Å². The molecule has 0 saturated carbocycles. The van der Waals surface area contributed by atoms with Gasteiger partial charge in [-0.15, -0.1) is 0 Å². The van der Waals surface area contributed by atoms with Crippen LogP contribution in [0.3, 0.4) is 0 Å². The molecule has 0 saturated heterocycles. The number of aliphatic hydroxyl groups excluding tert-OH is 1. The summed E-state index contributed by atoms with van der Waals surface area (Å²) in [6.45, 7) is 1.41. The van der Waals surface area contributed by atoms with Crippen LogP contribution in [0.2, 0.25) is 0 Å². The SMILES string of the molecule is CN(CCC(O)CN)CCS(C)(=O)=O. The van der Waals surface area contributed by atoms with Crippen LogP contribution in [0.1, 0.15) is 6.42 Å². The van der Waals surface area contributed by atoms with Gasteiger partial charge in [0.05, 0.1) is 11.9 Å². The van der Waals surface area contributed by atoms with Gasteiger partial charge in [-0.25, -0.2) is 8.42 Å².